The van der Waals surface area contributed by atoms with Crippen LogP contribution in [-0.4, -0.2) is 28.6 Å². The second kappa shape index (κ2) is 7.55. The van der Waals surface area contributed by atoms with Gasteiger partial charge in [0, 0.05) is 6.04 Å². The molecule has 0 radical (unpaired) electrons. The summed E-state index contributed by atoms with van der Waals surface area (Å²) in [6.45, 7) is 2.90. The molecular formula is C17H24FNO2. The third-order valence-electron chi connectivity index (χ3n) is 4.29. The number of hydrogen-bond acceptors (Lipinski definition) is 2. The van der Waals surface area contributed by atoms with Crippen LogP contribution in [0.5, 0.6) is 0 Å². The average molecular weight is 293 g/mol. The summed E-state index contributed by atoms with van der Waals surface area (Å²) < 4.78 is 13.5. The topological polar surface area (TPSA) is 40.5 Å². The van der Waals surface area contributed by atoms with E-state index in [9.17, 15) is 14.3 Å². The molecule has 0 saturated carbocycles. The van der Waals surface area contributed by atoms with Gasteiger partial charge in [0.1, 0.15) is 11.9 Å². The molecule has 116 valence electrons. The van der Waals surface area contributed by atoms with Crippen molar-refractivity contribution in [3.05, 3.63) is 35.6 Å². The van der Waals surface area contributed by atoms with Crippen LogP contribution >= 0.6 is 0 Å². The number of carboxylic acid groups (broad SMARTS) is 1. The van der Waals surface area contributed by atoms with Gasteiger partial charge in [0.25, 0.3) is 0 Å². The Bertz CT molecular complexity index is 478. The molecule has 1 aromatic carbocycles. The summed E-state index contributed by atoms with van der Waals surface area (Å²) in [5.41, 5.74) is 0.900. The summed E-state index contributed by atoms with van der Waals surface area (Å²) in [4.78, 5) is 13.6. The van der Waals surface area contributed by atoms with E-state index >= 15 is 0 Å². The van der Waals surface area contributed by atoms with Crippen molar-refractivity contribution in [1.82, 2.24) is 4.90 Å². The molecule has 1 N–H and O–H groups in total. The van der Waals surface area contributed by atoms with Gasteiger partial charge in [0.2, 0.25) is 0 Å². The van der Waals surface area contributed by atoms with Gasteiger partial charge in [-0.3, -0.25) is 9.69 Å². The number of carbonyl (C=O) groups is 1. The lowest BCUT2D eigenvalue weighted by Crippen LogP contribution is -2.46. The first kappa shape index (κ1) is 16.0. The highest BCUT2D eigenvalue weighted by Gasteiger charge is 2.33. The molecule has 1 fully saturated rings. The van der Waals surface area contributed by atoms with Gasteiger partial charge in [0.05, 0.1) is 0 Å². The summed E-state index contributed by atoms with van der Waals surface area (Å²) in [5.74, 6) is -1.01. The van der Waals surface area contributed by atoms with Gasteiger partial charge in [0.15, 0.2) is 0 Å². The van der Waals surface area contributed by atoms with E-state index in [0.29, 0.717) is 6.42 Å². The largest absolute Gasteiger partial charge is 0.480 e. The SMILES string of the molecule is CCCCC(c1cccc(F)c1)N1CCCCC1C(=O)O. The van der Waals surface area contributed by atoms with Crippen molar-refractivity contribution in [3.8, 4) is 0 Å². The van der Waals surface area contributed by atoms with Crippen LogP contribution in [0, 0.1) is 5.82 Å². The molecule has 0 spiro atoms. The van der Waals surface area contributed by atoms with Gasteiger partial charge < -0.3 is 5.11 Å². The molecular weight excluding hydrogens is 269 g/mol. The number of halogens is 1. The van der Waals surface area contributed by atoms with E-state index in [1.807, 2.05) is 6.07 Å². The fourth-order valence-corrected chi connectivity index (χ4v) is 3.23. The number of benzene rings is 1. The van der Waals surface area contributed by atoms with E-state index in [1.165, 1.54) is 6.07 Å². The number of nitrogens with zero attached hydrogens (tertiary/aromatic N) is 1. The maximum absolute atomic E-state index is 13.5. The van der Waals surface area contributed by atoms with Gasteiger partial charge in [-0.15, -0.1) is 0 Å². The first-order valence-corrected chi connectivity index (χ1v) is 7.87. The van der Waals surface area contributed by atoms with Crippen molar-refractivity contribution >= 4 is 5.97 Å². The number of rotatable bonds is 6. The molecule has 1 heterocycles. The van der Waals surface area contributed by atoms with Crippen LogP contribution < -0.4 is 0 Å². The van der Waals surface area contributed by atoms with E-state index < -0.39 is 12.0 Å². The Balaban J connectivity index is 2.27. The number of carboxylic acids is 1. The van der Waals surface area contributed by atoms with Crippen molar-refractivity contribution < 1.29 is 14.3 Å². The van der Waals surface area contributed by atoms with Gasteiger partial charge in [-0.1, -0.05) is 38.3 Å². The molecule has 1 aliphatic heterocycles. The number of unbranched alkanes of at least 4 members (excludes halogenated alkanes) is 1. The molecule has 1 saturated heterocycles. The first-order valence-electron chi connectivity index (χ1n) is 7.87. The van der Waals surface area contributed by atoms with Crippen LogP contribution in [0.2, 0.25) is 0 Å². The van der Waals surface area contributed by atoms with E-state index in [0.717, 1.165) is 44.2 Å². The Labute approximate surface area is 125 Å². The van der Waals surface area contributed by atoms with Gasteiger partial charge in [-0.05, 0) is 43.5 Å². The molecule has 1 aromatic rings. The highest BCUT2D eigenvalue weighted by Crippen LogP contribution is 2.32. The molecule has 2 atom stereocenters. The van der Waals surface area contributed by atoms with E-state index in [-0.39, 0.29) is 11.9 Å². The van der Waals surface area contributed by atoms with Crippen molar-refractivity contribution in [2.75, 3.05) is 6.54 Å². The highest BCUT2D eigenvalue weighted by molar-refractivity contribution is 5.73. The smallest absolute Gasteiger partial charge is 0.320 e. The van der Waals surface area contributed by atoms with Crippen molar-refractivity contribution in [2.24, 2.45) is 0 Å². The van der Waals surface area contributed by atoms with Gasteiger partial charge >= 0.3 is 5.97 Å². The van der Waals surface area contributed by atoms with E-state index in [4.69, 9.17) is 0 Å². The standard InChI is InChI=1S/C17H24FNO2/c1-2-3-9-15(13-7-6-8-14(18)12-13)19-11-5-4-10-16(19)17(20)21/h6-8,12,15-16H,2-5,9-11H2,1H3,(H,20,21). The summed E-state index contributed by atoms with van der Waals surface area (Å²) in [6.07, 6.45) is 5.61. The molecule has 0 aliphatic carbocycles. The second-order valence-electron chi connectivity index (χ2n) is 5.80. The number of likely N-dealkylation sites (tertiary alicyclic amines) is 1. The molecule has 21 heavy (non-hydrogen) atoms. The molecule has 0 aromatic heterocycles. The number of aliphatic carboxylic acids is 1. The Morgan fingerprint density at radius 1 is 1.48 bits per heavy atom. The van der Waals surface area contributed by atoms with Crippen molar-refractivity contribution in [2.45, 2.75) is 57.5 Å². The summed E-state index contributed by atoms with van der Waals surface area (Å²) in [5, 5.41) is 9.47. The lowest BCUT2D eigenvalue weighted by atomic mass is 9.93. The third kappa shape index (κ3) is 4.03. The lowest BCUT2D eigenvalue weighted by molar-refractivity contribution is -0.146. The van der Waals surface area contributed by atoms with Crippen LogP contribution in [-0.2, 0) is 4.79 Å². The number of piperidine rings is 1. The Morgan fingerprint density at radius 2 is 2.29 bits per heavy atom. The normalized spacial score (nSPS) is 21.1. The quantitative estimate of drug-likeness (QED) is 0.862. The summed E-state index contributed by atoms with van der Waals surface area (Å²) in [6, 6.07) is 6.17. The van der Waals surface area contributed by atoms with Crippen LogP contribution in [0.3, 0.4) is 0 Å². The Hall–Kier alpha value is -1.42. The molecule has 1 aliphatic rings. The van der Waals surface area contributed by atoms with Gasteiger partial charge in [-0.2, -0.15) is 0 Å². The maximum atomic E-state index is 13.5. The zero-order valence-electron chi connectivity index (χ0n) is 12.6. The van der Waals surface area contributed by atoms with E-state index in [1.54, 1.807) is 12.1 Å². The summed E-state index contributed by atoms with van der Waals surface area (Å²) >= 11 is 0. The maximum Gasteiger partial charge on any atom is 0.320 e. The van der Waals surface area contributed by atoms with Crippen molar-refractivity contribution in [1.29, 1.82) is 0 Å². The second-order valence-corrected chi connectivity index (χ2v) is 5.80. The molecule has 3 nitrogen and oxygen atoms in total. The van der Waals surface area contributed by atoms with E-state index in [2.05, 4.69) is 11.8 Å². The molecule has 0 bridgehead atoms. The molecule has 2 rings (SSSR count). The minimum atomic E-state index is -0.757. The van der Waals surface area contributed by atoms with Crippen LogP contribution in [0.25, 0.3) is 0 Å². The zero-order valence-corrected chi connectivity index (χ0v) is 12.6. The summed E-state index contributed by atoms with van der Waals surface area (Å²) in [7, 11) is 0. The molecule has 4 heteroatoms. The Kier molecular flexibility index (Phi) is 5.74. The monoisotopic (exact) mass is 293 g/mol. The fraction of sp³-hybridized carbons (Fsp3) is 0.588. The third-order valence-corrected chi connectivity index (χ3v) is 4.29. The van der Waals surface area contributed by atoms with Crippen LogP contribution in [0.15, 0.2) is 24.3 Å². The minimum absolute atomic E-state index is 0.00190. The average Bonchev–Trinajstić information content (AvgIpc) is 2.48. The van der Waals surface area contributed by atoms with Crippen molar-refractivity contribution in [3.63, 3.8) is 0 Å². The minimum Gasteiger partial charge on any atom is -0.480 e. The predicted octanol–water partition coefficient (Wildman–Crippen LogP) is 4.00. The molecule has 2 unspecified atom stereocenters. The zero-order chi connectivity index (χ0) is 15.2. The van der Waals surface area contributed by atoms with Crippen LogP contribution in [0.1, 0.15) is 57.1 Å². The first-order chi connectivity index (χ1) is 10.1. The lowest BCUT2D eigenvalue weighted by Gasteiger charge is -2.39. The molecule has 0 amide bonds. The highest BCUT2D eigenvalue weighted by atomic mass is 19.1. The fourth-order valence-electron chi connectivity index (χ4n) is 3.23. The van der Waals surface area contributed by atoms with Gasteiger partial charge in [-0.25, -0.2) is 4.39 Å². The predicted molar refractivity (Wildman–Crippen MR) is 80.6 cm³/mol. The Morgan fingerprint density at radius 3 is 2.95 bits per heavy atom. The van der Waals surface area contributed by atoms with Crippen LogP contribution in [0.4, 0.5) is 4.39 Å². The number of hydrogen-bond donors (Lipinski definition) is 1.